The fourth-order valence-corrected chi connectivity index (χ4v) is 2.37. The van der Waals surface area contributed by atoms with Gasteiger partial charge in [0.05, 0.1) is 15.9 Å². The third kappa shape index (κ3) is 1.70. The monoisotopic (exact) mass is 264 g/mol. The summed E-state index contributed by atoms with van der Waals surface area (Å²) in [5, 5.41) is 1.81. The van der Waals surface area contributed by atoms with Gasteiger partial charge in [-0.1, -0.05) is 6.07 Å². The van der Waals surface area contributed by atoms with Crippen molar-refractivity contribution in [2.75, 3.05) is 0 Å². The van der Waals surface area contributed by atoms with Crippen molar-refractivity contribution in [1.82, 2.24) is 9.97 Å². The first-order valence-electron chi connectivity index (χ1n) is 5.08. The van der Waals surface area contributed by atoms with Crippen molar-refractivity contribution < 1.29 is 8.78 Å². The number of nitrogens with zero attached hydrogens (tertiary/aromatic N) is 1. The highest BCUT2D eigenvalue weighted by molar-refractivity contribution is 7.13. The maximum Gasteiger partial charge on any atom is 0.275 e. The van der Waals surface area contributed by atoms with E-state index in [1.807, 2.05) is 5.38 Å². The smallest absolute Gasteiger partial charge is 0.275 e. The summed E-state index contributed by atoms with van der Waals surface area (Å²) in [7, 11) is 0. The second kappa shape index (κ2) is 3.99. The molecule has 0 radical (unpaired) electrons. The summed E-state index contributed by atoms with van der Waals surface area (Å²) in [5.74, 6) is -2.00. The zero-order valence-electron chi connectivity index (χ0n) is 8.91. The lowest BCUT2D eigenvalue weighted by atomic mass is 10.2. The van der Waals surface area contributed by atoms with Gasteiger partial charge in [-0.15, -0.1) is 11.3 Å². The second-order valence-electron chi connectivity index (χ2n) is 3.68. The molecule has 6 heteroatoms. The summed E-state index contributed by atoms with van der Waals surface area (Å²) in [5.41, 5.74) is 0.190. The van der Waals surface area contributed by atoms with E-state index in [1.165, 1.54) is 11.3 Å². The average Bonchev–Trinajstić information content (AvgIpc) is 2.84. The maximum absolute atomic E-state index is 13.1. The Bertz CT molecular complexity index is 781. The van der Waals surface area contributed by atoms with Crippen LogP contribution >= 0.6 is 11.3 Å². The van der Waals surface area contributed by atoms with E-state index >= 15 is 0 Å². The van der Waals surface area contributed by atoms with Crippen LogP contribution in [0.4, 0.5) is 8.78 Å². The van der Waals surface area contributed by atoms with Gasteiger partial charge in [0, 0.05) is 12.1 Å². The largest absolute Gasteiger partial charge is 0.319 e. The van der Waals surface area contributed by atoms with Gasteiger partial charge in [0.1, 0.15) is 5.69 Å². The molecule has 0 fully saturated rings. The molecular formula is C12H6F2N2OS. The van der Waals surface area contributed by atoms with E-state index in [0.29, 0.717) is 4.88 Å². The van der Waals surface area contributed by atoms with E-state index in [2.05, 4.69) is 9.97 Å². The van der Waals surface area contributed by atoms with E-state index in [-0.39, 0.29) is 16.7 Å². The minimum absolute atomic E-state index is 0.180. The second-order valence-corrected chi connectivity index (χ2v) is 4.62. The molecule has 0 aliphatic rings. The molecule has 0 aliphatic carbocycles. The van der Waals surface area contributed by atoms with Crippen molar-refractivity contribution in [2.24, 2.45) is 0 Å². The summed E-state index contributed by atoms with van der Waals surface area (Å²) in [4.78, 5) is 19.1. The molecule has 0 amide bonds. The van der Waals surface area contributed by atoms with E-state index in [0.717, 1.165) is 12.1 Å². The Kier molecular flexibility index (Phi) is 2.45. The first kappa shape index (κ1) is 11.0. The number of H-pyrrole nitrogens is 1. The maximum atomic E-state index is 13.1. The zero-order chi connectivity index (χ0) is 12.7. The quantitative estimate of drug-likeness (QED) is 0.734. The Morgan fingerprint density at radius 2 is 2.00 bits per heavy atom. The summed E-state index contributed by atoms with van der Waals surface area (Å²) in [6.07, 6.45) is 0. The molecule has 0 bridgehead atoms. The van der Waals surface area contributed by atoms with Crippen molar-refractivity contribution in [3.8, 4) is 10.6 Å². The minimum atomic E-state index is -1.01. The van der Waals surface area contributed by atoms with E-state index in [4.69, 9.17) is 0 Å². The first-order chi connectivity index (χ1) is 8.65. The van der Waals surface area contributed by atoms with Crippen LogP contribution in [0.1, 0.15) is 0 Å². The Morgan fingerprint density at radius 1 is 1.22 bits per heavy atom. The topological polar surface area (TPSA) is 45.8 Å². The van der Waals surface area contributed by atoms with Gasteiger partial charge in [-0.05, 0) is 11.4 Å². The molecule has 1 aromatic carbocycles. The highest BCUT2D eigenvalue weighted by atomic mass is 32.1. The number of aromatic amines is 1. The van der Waals surface area contributed by atoms with Crippen LogP contribution < -0.4 is 5.56 Å². The van der Waals surface area contributed by atoms with Crippen molar-refractivity contribution in [3.63, 3.8) is 0 Å². The van der Waals surface area contributed by atoms with Crippen LogP contribution in [0.5, 0.6) is 0 Å². The van der Waals surface area contributed by atoms with Gasteiger partial charge in [-0.25, -0.2) is 13.8 Å². The molecule has 1 N–H and O–H groups in total. The van der Waals surface area contributed by atoms with Crippen LogP contribution in [-0.2, 0) is 0 Å². The Hall–Kier alpha value is -2.08. The van der Waals surface area contributed by atoms with Gasteiger partial charge in [0.15, 0.2) is 11.6 Å². The summed E-state index contributed by atoms with van der Waals surface area (Å²) >= 11 is 1.36. The van der Waals surface area contributed by atoms with Crippen LogP contribution in [-0.4, -0.2) is 9.97 Å². The van der Waals surface area contributed by atoms with Gasteiger partial charge >= 0.3 is 0 Å². The molecule has 0 atom stereocenters. The molecule has 0 saturated heterocycles. The third-order valence-corrected chi connectivity index (χ3v) is 3.37. The molecule has 0 spiro atoms. The van der Waals surface area contributed by atoms with Crippen molar-refractivity contribution in [2.45, 2.75) is 0 Å². The number of rotatable bonds is 1. The number of fused-ring (bicyclic) bond motifs is 1. The Labute approximate surface area is 104 Å². The number of benzene rings is 1. The number of aromatic nitrogens is 2. The molecule has 0 saturated carbocycles. The normalized spacial score (nSPS) is 11.0. The predicted molar refractivity (Wildman–Crippen MR) is 65.6 cm³/mol. The molecular weight excluding hydrogens is 258 g/mol. The SMILES string of the molecule is O=c1[nH]c2cc(F)c(F)cc2nc1-c1cccs1. The molecule has 2 aromatic heterocycles. The Balaban J connectivity index is 2.33. The molecule has 90 valence electrons. The van der Waals surface area contributed by atoms with Crippen LogP contribution in [0.25, 0.3) is 21.6 Å². The van der Waals surface area contributed by atoms with Crippen LogP contribution in [0, 0.1) is 11.6 Å². The predicted octanol–water partition coefficient (Wildman–Crippen LogP) is 2.93. The average molecular weight is 264 g/mol. The number of hydrogen-bond acceptors (Lipinski definition) is 3. The highest BCUT2D eigenvalue weighted by Gasteiger charge is 2.11. The molecule has 0 unspecified atom stereocenters. The van der Waals surface area contributed by atoms with Gasteiger partial charge in [0.25, 0.3) is 5.56 Å². The third-order valence-electron chi connectivity index (χ3n) is 2.49. The van der Waals surface area contributed by atoms with Crippen LogP contribution in [0.2, 0.25) is 0 Å². The highest BCUT2D eigenvalue weighted by Crippen LogP contribution is 2.21. The van der Waals surface area contributed by atoms with Gasteiger partial charge in [0.2, 0.25) is 0 Å². The Morgan fingerprint density at radius 3 is 2.72 bits per heavy atom. The van der Waals surface area contributed by atoms with Crippen LogP contribution in [0.15, 0.2) is 34.4 Å². The first-order valence-corrected chi connectivity index (χ1v) is 5.96. The lowest BCUT2D eigenvalue weighted by Crippen LogP contribution is -2.11. The zero-order valence-corrected chi connectivity index (χ0v) is 9.72. The standard InChI is InChI=1S/C12H6F2N2OS/c13-6-4-8-9(5-7(6)14)16-12(17)11(15-8)10-2-1-3-18-10/h1-5H,(H,16,17). The van der Waals surface area contributed by atoms with Crippen molar-refractivity contribution in [3.05, 3.63) is 51.6 Å². The van der Waals surface area contributed by atoms with Crippen molar-refractivity contribution >= 4 is 22.4 Å². The lowest BCUT2D eigenvalue weighted by molar-refractivity contribution is 0.510. The van der Waals surface area contributed by atoms with Gasteiger partial charge < -0.3 is 4.98 Å². The van der Waals surface area contributed by atoms with Crippen LogP contribution in [0.3, 0.4) is 0 Å². The van der Waals surface area contributed by atoms with Crippen molar-refractivity contribution in [1.29, 1.82) is 0 Å². The van der Waals surface area contributed by atoms with E-state index in [9.17, 15) is 13.6 Å². The molecule has 3 rings (SSSR count). The van der Waals surface area contributed by atoms with E-state index in [1.54, 1.807) is 12.1 Å². The fourth-order valence-electron chi connectivity index (χ4n) is 1.66. The van der Waals surface area contributed by atoms with Gasteiger partial charge in [-0.3, -0.25) is 4.79 Å². The molecule has 2 heterocycles. The summed E-state index contributed by atoms with van der Waals surface area (Å²) in [6.45, 7) is 0. The molecule has 3 nitrogen and oxygen atoms in total. The lowest BCUT2D eigenvalue weighted by Gasteiger charge is -2.01. The molecule has 18 heavy (non-hydrogen) atoms. The number of thiophene rings is 1. The number of halogens is 2. The fraction of sp³-hybridized carbons (Fsp3) is 0. The number of hydrogen-bond donors (Lipinski definition) is 1. The minimum Gasteiger partial charge on any atom is -0.319 e. The van der Waals surface area contributed by atoms with E-state index < -0.39 is 17.2 Å². The summed E-state index contributed by atoms with van der Waals surface area (Å²) < 4.78 is 26.2. The number of nitrogens with one attached hydrogen (secondary N) is 1. The molecule has 0 aliphatic heterocycles. The van der Waals surface area contributed by atoms with Gasteiger partial charge in [-0.2, -0.15) is 0 Å². The summed E-state index contributed by atoms with van der Waals surface area (Å²) in [6, 6.07) is 5.43. The molecule has 3 aromatic rings.